The number of benzene rings is 1. The average Bonchev–Trinajstić information content (AvgIpc) is 3.29. The molecule has 1 atom stereocenters. The van der Waals surface area contributed by atoms with E-state index in [-0.39, 0.29) is 12.4 Å². The summed E-state index contributed by atoms with van der Waals surface area (Å²) in [5.41, 5.74) is 3.00. The minimum absolute atomic E-state index is 0. The van der Waals surface area contributed by atoms with Crippen LogP contribution in [-0.4, -0.2) is 66.8 Å². The van der Waals surface area contributed by atoms with Gasteiger partial charge in [0, 0.05) is 50.2 Å². The van der Waals surface area contributed by atoms with Crippen LogP contribution in [-0.2, 0) is 17.6 Å². The number of aryl methyl sites for hydroxylation is 2. The van der Waals surface area contributed by atoms with Gasteiger partial charge in [0.2, 0.25) is 5.91 Å². The molecule has 1 aliphatic carbocycles. The van der Waals surface area contributed by atoms with E-state index < -0.39 is 0 Å². The van der Waals surface area contributed by atoms with Gasteiger partial charge in [0.1, 0.15) is 0 Å². The Labute approximate surface area is 161 Å². The molecule has 0 spiro atoms. The zero-order valence-electron chi connectivity index (χ0n) is 14.7. The molecule has 2 fully saturated rings. The second kappa shape index (κ2) is 8.76. The van der Waals surface area contributed by atoms with Crippen molar-refractivity contribution in [2.75, 3.05) is 45.0 Å². The SMILES string of the molecule is Cl.O=C(CSc1ccc2c(c1)CCC2)N1CCC(N2CCNCC2)C1. The number of thioether (sulfide) groups is 1. The van der Waals surface area contributed by atoms with Crippen molar-refractivity contribution in [2.45, 2.75) is 36.6 Å². The van der Waals surface area contributed by atoms with Crippen LogP contribution in [0.5, 0.6) is 0 Å². The van der Waals surface area contributed by atoms with Crippen molar-refractivity contribution in [1.82, 2.24) is 15.1 Å². The summed E-state index contributed by atoms with van der Waals surface area (Å²) in [6.07, 6.45) is 4.84. The second-order valence-corrected chi connectivity index (χ2v) is 8.19. The monoisotopic (exact) mass is 381 g/mol. The van der Waals surface area contributed by atoms with Crippen molar-refractivity contribution in [3.8, 4) is 0 Å². The van der Waals surface area contributed by atoms with E-state index in [1.807, 2.05) is 0 Å². The fraction of sp³-hybridized carbons (Fsp3) is 0.632. The Balaban J connectivity index is 0.00000182. The molecule has 4 nitrogen and oxygen atoms in total. The van der Waals surface area contributed by atoms with Crippen LogP contribution in [0.15, 0.2) is 23.1 Å². The summed E-state index contributed by atoms with van der Waals surface area (Å²) in [6, 6.07) is 7.32. The van der Waals surface area contributed by atoms with E-state index in [0.717, 1.165) is 45.7 Å². The zero-order valence-corrected chi connectivity index (χ0v) is 16.3. The lowest BCUT2D eigenvalue weighted by Crippen LogP contribution is -2.49. The molecule has 1 amide bonds. The van der Waals surface area contributed by atoms with Gasteiger partial charge in [0.05, 0.1) is 5.75 Å². The first-order chi connectivity index (χ1) is 11.8. The van der Waals surface area contributed by atoms with Gasteiger partial charge >= 0.3 is 0 Å². The average molecular weight is 382 g/mol. The maximum Gasteiger partial charge on any atom is 0.232 e. The molecule has 1 N–H and O–H groups in total. The summed E-state index contributed by atoms with van der Waals surface area (Å²) in [5, 5.41) is 3.40. The van der Waals surface area contributed by atoms with Crippen LogP contribution >= 0.6 is 24.2 Å². The molecular formula is C19H28ClN3OS. The predicted molar refractivity (Wildman–Crippen MR) is 106 cm³/mol. The Hall–Kier alpha value is -0.750. The molecule has 0 aromatic heterocycles. The molecule has 1 unspecified atom stereocenters. The van der Waals surface area contributed by atoms with Gasteiger partial charge in [0.25, 0.3) is 0 Å². The van der Waals surface area contributed by atoms with Gasteiger partial charge in [-0.1, -0.05) is 6.07 Å². The number of halogens is 1. The number of nitrogens with one attached hydrogen (secondary N) is 1. The van der Waals surface area contributed by atoms with E-state index in [1.54, 1.807) is 11.8 Å². The van der Waals surface area contributed by atoms with Crippen LogP contribution in [0.3, 0.4) is 0 Å². The molecule has 2 aliphatic heterocycles. The number of carbonyl (C=O) groups is 1. The smallest absolute Gasteiger partial charge is 0.232 e. The fourth-order valence-electron chi connectivity index (χ4n) is 4.19. The van der Waals surface area contributed by atoms with Gasteiger partial charge in [0.15, 0.2) is 0 Å². The van der Waals surface area contributed by atoms with Crippen LogP contribution < -0.4 is 5.32 Å². The summed E-state index contributed by atoms with van der Waals surface area (Å²) in [4.78, 5) is 18.4. The molecule has 4 rings (SSSR count). The highest BCUT2D eigenvalue weighted by atomic mass is 35.5. The lowest BCUT2D eigenvalue weighted by Gasteiger charge is -2.32. The van der Waals surface area contributed by atoms with Crippen molar-refractivity contribution in [2.24, 2.45) is 0 Å². The van der Waals surface area contributed by atoms with Crippen LogP contribution in [0.1, 0.15) is 24.0 Å². The van der Waals surface area contributed by atoms with Crippen LogP contribution in [0, 0.1) is 0 Å². The first kappa shape index (κ1) is 19.0. The minimum Gasteiger partial charge on any atom is -0.340 e. The Morgan fingerprint density at radius 2 is 1.96 bits per heavy atom. The molecule has 0 saturated carbocycles. The summed E-state index contributed by atoms with van der Waals surface area (Å²) < 4.78 is 0. The minimum atomic E-state index is 0. The van der Waals surface area contributed by atoms with Crippen molar-refractivity contribution >= 4 is 30.1 Å². The maximum absolute atomic E-state index is 12.6. The fourth-order valence-corrected chi connectivity index (χ4v) is 5.05. The maximum atomic E-state index is 12.6. The molecular weight excluding hydrogens is 354 g/mol. The van der Waals surface area contributed by atoms with Crippen molar-refractivity contribution in [3.63, 3.8) is 0 Å². The van der Waals surface area contributed by atoms with E-state index in [1.165, 1.54) is 35.3 Å². The van der Waals surface area contributed by atoms with Crippen molar-refractivity contribution < 1.29 is 4.79 Å². The second-order valence-electron chi connectivity index (χ2n) is 7.14. The number of rotatable bonds is 4. The molecule has 3 aliphatic rings. The molecule has 6 heteroatoms. The highest BCUT2D eigenvalue weighted by Crippen LogP contribution is 2.28. The van der Waals surface area contributed by atoms with Gasteiger partial charge in [-0.15, -0.1) is 24.2 Å². The summed E-state index contributed by atoms with van der Waals surface area (Å²) >= 11 is 1.70. The molecule has 0 radical (unpaired) electrons. The number of nitrogens with zero attached hydrogens (tertiary/aromatic N) is 2. The van der Waals surface area contributed by atoms with Crippen LogP contribution in [0.2, 0.25) is 0 Å². The molecule has 0 bridgehead atoms. The molecule has 138 valence electrons. The van der Waals surface area contributed by atoms with Crippen molar-refractivity contribution in [3.05, 3.63) is 29.3 Å². The summed E-state index contributed by atoms with van der Waals surface area (Å²) in [6.45, 7) is 6.26. The lowest BCUT2D eigenvalue weighted by molar-refractivity contribution is -0.127. The number of hydrogen-bond acceptors (Lipinski definition) is 4. The van der Waals surface area contributed by atoms with Gasteiger partial charge in [-0.05, 0) is 48.9 Å². The summed E-state index contributed by atoms with van der Waals surface area (Å²) in [5.74, 6) is 0.880. The first-order valence-electron chi connectivity index (χ1n) is 9.27. The zero-order chi connectivity index (χ0) is 16.4. The lowest BCUT2D eigenvalue weighted by atomic mass is 10.1. The van der Waals surface area contributed by atoms with Gasteiger partial charge in [-0.2, -0.15) is 0 Å². The molecule has 1 aromatic carbocycles. The number of carbonyl (C=O) groups excluding carboxylic acids is 1. The summed E-state index contributed by atoms with van der Waals surface area (Å²) in [7, 11) is 0. The third-order valence-electron chi connectivity index (χ3n) is 5.62. The third kappa shape index (κ3) is 4.51. The van der Waals surface area contributed by atoms with Gasteiger partial charge in [-0.3, -0.25) is 9.69 Å². The molecule has 1 aromatic rings. The highest BCUT2D eigenvalue weighted by molar-refractivity contribution is 8.00. The number of amides is 1. The third-order valence-corrected chi connectivity index (χ3v) is 6.59. The quantitative estimate of drug-likeness (QED) is 0.811. The Kier molecular flexibility index (Phi) is 6.67. The van der Waals surface area contributed by atoms with E-state index in [9.17, 15) is 4.79 Å². The number of likely N-dealkylation sites (tertiary alicyclic amines) is 1. The topological polar surface area (TPSA) is 35.6 Å². The Morgan fingerprint density at radius 1 is 1.16 bits per heavy atom. The normalized spacial score (nSPS) is 23.4. The van der Waals surface area contributed by atoms with Crippen molar-refractivity contribution in [1.29, 1.82) is 0 Å². The number of hydrogen-bond donors (Lipinski definition) is 1. The Bertz CT molecular complexity index is 606. The van der Waals surface area contributed by atoms with E-state index >= 15 is 0 Å². The standard InChI is InChI=1S/C19H27N3OS.ClH/c23-19(14-24-18-5-4-15-2-1-3-16(15)12-18)22-9-6-17(13-22)21-10-7-20-8-11-21;/h4-5,12,17,20H,1-3,6-11,13-14H2;1H. The largest absolute Gasteiger partial charge is 0.340 e. The molecule has 2 heterocycles. The van der Waals surface area contributed by atoms with E-state index in [0.29, 0.717) is 17.7 Å². The predicted octanol–water partition coefficient (Wildman–Crippen LogP) is 2.20. The molecule has 25 heavy (non-hydrogen) atoms. The van der Waals surface area contributed by atoms with Crippen LogP contribution in [0.25, 0.3) is 0 Å². The van der Waals surface area contributed by atoms with E-state index in [4.69, 9.17) is 0 Å². The molecule has 2 saturated heterocycles. The van der Waals surface area contributed by atoms with Crippen LogP contribution in [0.4, 0.5) is 0 Å². The Morgan fingerprint density at radius 3 is 2.80 bits per heavy atom. The number of piperazine rings is 1. The van der Waals surface area contributed by atoms with Gasteiger partial charge in [-0.25, -0.2) is 0 Å². The number of fused-ring (bicyclic) bond motifs is 1. The first-order valence-corrected chi connectivity index (χ1v) is 10.3. The van der Waals surface area contributed by atoms with Gasteiger partial charge < -0.3 is 10.2 Å². The highest BCUT2D eigenvalue weighted by Gasteiger charge is 2.30. The van der Waals surface area contributed by atoms with E-state index in [2.05, 4.69) is 33.3 Å².